The summed E-state index contributed by atoms with van der Waals surface area (Å²) in [6, 6.07) is 16.5. The van der Waals surface area contributed by atoms with Crippen LogP contribution >= 0.6 is 11.6 Å². The Balaban J connectivity index is 1.91. The van der Waals surface area contributed by atoms with Crippen LogP contribution in [-0.2, 0) is 4.79 Å². The largest absolute Gasteiger partial charge is 0.497 e. The first-order valence-corrected chi connectivity index (χ1v) is 9.20. The van der Waals surface area contributed by atoms with Crippen molar-refractivity contribution in [2.24, 2.45) is 0 Å². The van der Waals surface area contributed by atoms with Crippen LogP contribution in [0.4, 0.5) is 5.69 Å². The molecular weight excluding hydrogens is 378 g/mol. The van der Waals surface area contributed by atoms with Gasteiger partial charge in [0.15, 0.2) is 0 Å². The van der Waals surface area contributed by atoms with E-state index in [-0.39, 0.29) is 11.5 Å². The zero-order valence-electron chi connectivity index (χ0n) is 15.6. The second-order valence-electron chi connectivity index (χ2n) is 6.15. The number of nitrogens with zero attached hydrogens (tertiary/aromatic N) is 2. The van der Waals surface area contributed by atoms with E-state index >= 15 is 0 Å². The molecule has 0 bridgehead atoms. The van der Waals surface area contributed by atoms with Crippen LogP contribution in [0, 0.1) is 0 Å². The fraction of sp³-hybridized carbons (Fsp3) is 0.190. The molecule has 0 spiro atoms. The molecule has 1 aromatic heterocycles. The topological polar surface area (TPSA) is 73.2 Å². The Morgan fingerprint density at radius 1 is 1.18 bits per heavy atom. The average molecular weight is 398 g/mol. The number of rotatable bonds is 6. The Morgan fingerprint density at radius 3 is 2.57 bits per heavy atom. The molecule has 1 unspecified atom stereocenters. The number of amides is 1. The number of hydrogen-bond donors (Lipinski definition) is 1. The molecule has 0 saturated carbocycles. The van der Waals surface area contributed by atoms with Gasteiger partial charge in [0.25, 0.3) is 5.56 Å². The fourth-order valence-electron chi connectivity index (χ4n) is 2.83. The maximum Gasteiger partial charge on any atom is 0.267 e. The van der Waals surface area contributed by atoms with Crippen LogP contribution in [-0.4, -0.2) is 22.8 Å². The lowest BCUT2D eigenvalue weighted by Gasteiger charge is -2.17. The summed E-state index contributed by atoms with van der Waals surface area (Å²) < 4.78 is 6.38. The number of carbonyl (C=O) groups is 1. The zero-order valence-corrected chi connectivity index (χ0v) is 16.3. The molecule has 6 nitrogen and oxygen atoms in total. The zero-order chi connectivity index (χ0) is 20.1. The third kappa shape index (κ3) is 4.40. The predicted molar refractivity (Wildman–Crippen MR) is 110 cm³/mol. The Hall–Kier alpha value is -3.12. The molecule has 0 radical (unpaired) electrons. The maximum atomic E-state index is 12.8. The number of nitrogens with one attached hydrogen (secondary N) is 1. The first-order chi connectivity index (χ1) is 13.5. The van der Waals surface area contributed by atoms with E-state index in [0.29, 0.717) is 22.8 Å². The third-order valence-corrected chi connectivity index (χ3v) is 4.52. The van der Waals surface area contributed by atoms with Gasteiger partial charge in [0, 0.05) is 22.3 Å². The molecular formula is C21H20ClN3O3. The molecule has 1 atom stereocenters. The van der Waals surface area contributed by atoms with Gasteiger partial charge >= 0.3 is 0 Å². The smallest absolute Gasteiger partial charge is 0.267 e. The van der Waals surface area contributed by atoms with Gasteiger partial charge in [-0.15, -0.1) is 0 Å². The number of aromatic nitrogens is 2. The van der Waals surface area contributed by atoms with Crippen molar-refractivity contribution >= 4 is 23.2 Å². The SMILES string of the molecule is CCC(C(=O)Nc1cccc(Cl)c1)n1nc(-c2ccc(OC)cc2)ccc1=O. The number of halogens is 1. The molecule has 28 heavy (non-hydrogen) atoms. The van der Waals surface area contributed by atoms with Crippen molar-refractivity contribution in [1.29, 1.82) is 0 Å². The van der Waals surface area contributed by atoms with Crippen LogP contribution in [0.25, 0.3) is 11.3 Å². The standard InChI is InChI=1S/C21H20ClN3O3/c1-3-19(21(27)23-16-6-4-5-15(22)13-16)25-20(26)12-11-18(24-25)14-7-9-17(28-2)10-8-14/h4-13,19H,3H2,1-2H3,(H,23,27). The van der Waals surface area contributed by atoms with Crippen LogP contribution in [0.15, 0.2) is 65.5 Å². The van der Waals surface area contributed by atoms with Gasteiger partial charge in [-0.1, -0.05) is 24.6 Å². The minimum Gasteiger partial charge on any atom is -0.497 e. The molecule has 0 aliphatic rings. The molecule has 3 rings (SSSR count). The van der Waals surface area contributed by atoms with Gasteiger partial charge in [0.2, 0.25) is 5.91 Å². The van der Waals surface area contributed by atoms with E-state index in [4.69, 9.17) is 16.3 Å². The van der Waals surface area contributed by atoms with E-state index in [1.54, 1.807) is 37.4 Å². The molecule has 144 valence electrons. The molecule has 0 saturated heterocycles. The summed E-state index contributed by atoms with van der Waals surface area (Å²) >= 11 is 5.97. The van der Waals surface area contributed by atoms with Crippen LogP contribution in [0.5, 0.6) is 5.75 Å². The van der Waals surface area contributed by atoms with E-state index in [1.165, 1.54) is 10.7 Å². The van der Waals surface area contributed by atoms with Gasteiger partial charge in [-0.3, -0.25) is 9.59 Å². The van der Waals surface area contributed by atoms with Gasteiger partial charge in [-0.05, 0) is 55.0 Å². The molecule has 1 N–H and O–H groups in total. The van der Waals surface area contributed by atoms with Gasteiger partial charge in [-0.25, -0.2) is 4.68 Å². The third-order valence-electron chi connectivity index (χ3n) is 4.29. The lowest BCUT2D eigenvalue weighted by atomic mass is 10.1. The monoisotopic (exact) mass is 397 g/mol. The van der Waals surface area contributed by atoms with Crippen molar-refractivity contribution in [2.75, 3.05) is 12.4 Å². The normalized spacial score (nSPS) is 11.7. The lowest BCUT2D eigenvalue weighted by Crippen LogP contribution is -2.34. The summed E-state index contributed by atoms with van der Waals surface area (Å²) in [5, 5.41) is 7.74. The number of anilines is 1. The molecule has 7 heteroatoms. The van der Waals surface area contributed by atoms with Crippen LogP contribution in [0.2, 0.25) is 5.02 Å². The van der Waals surface area contributed by atoms with E-state index in [9.17, 15) is 9.59 Å². The summed E-state index contributed by atoms with van der Waals surface area (Å²) in [5.41, 5.74) is 1.64. The molecule has 1 amide bonds. The molecule has 0 fully saturated rings. The highest BCUT2D eigenvalue weighted by atomic mass is 35.5. The summed E-state index contributed by atoms with van der Waals surface area (Å²) in [7, 11) is 1.60. The Bertz CT molecular complexity index is 1030. The van der Waals surface area contributed by atoms with E-state index in [0.717, 1.165) is 11.3 Å². The summed E-state index contributed by atoms with van der Waals surface area (Å²) in [6.45, 7) is 1.83. The van der Waals surface area contributed by atoms with Gasteiger partial charge in [0.1, 0.15) is 11.8 Å². The number of benzene rings is 2. The molecule has 0 aliphatic heterocycles. The Kier molecular flexibility index (Phi) is 6.11. The second-order valence-corrected chi connectivity index (χ2v) is 6.59. The minimum atomic E-state index is -0.746. The number of carbonyl (C=O) groups excluding carboxylic acids is 1. The second kappa shape index (κ2) is 8.71. The lowest BCUT2D eigenvalue weighted by molar-refractivity contribution is -0.119. The predicted octanol–water partition coefficient (Wildman–Crippen LogP) is 4.16. The molecule has 1 heterocycles. The minimum absolute atomic E-state index is 0.328. The molecule has 0 aliphatic carbocycles. The first-order valence-electron chi connectivity index (χ1n) is 8.82. The first kappa shape index (κ1) is 19.6. The van der Waals surface area contributed by atoms with Gasteiger partial charge in [0.05, 0.1) is 12.8 Å². The number of ether oxygens (including phenoxy) is 1. The van der Waals surface area contributed by atoms with Crippen molar-refractivity contribution < 1.29 is 9.53 Å². The number of hydrogen-bond acceptors (Lipinski definition) is 4. The molecule has 3 aromatic rings. The fourth-order valence-corrected chi connectivity index (χ4v) is 3.02. The highest BCUT2D eigenvalue weighted by molar-refractivity contribution is 6.30. The Labute approximate surface area is 167 Å². The maximum absolute atomic E-state index is 12.8. The average Bonchev–Trinajstić information content (AvgIpc) is 2.70. The summed E-state index contributed by atoms with van der Waals surface area (Å²) in [6.07, 6.45) is 0.408. The van der Waals surface area contributed by atoms with Gasteiger partial charge in [-0.2, -0.15) is 5.10 Å². The van der Waals surface area contributed by atoms with Crippen LogP contribution in [0.1, 0.15) is 19.4 Å². The highest BCUT2D eigenvalue weighted by Crippen LogP contribution is 2.21. The highest BCUT2D eigenvalue weighted by Gasteiger charge is 2.21. The summed E-state index contributed by atoms with van der Waals surface area (Å²) in [4.78, 5) is 25.2. The number of methoxy groups -OCH3 is 1. The van der Waals surface area contributed by atoms with Crippen molar-refractivity contribution in [3.8, 4) is 17.0 Å². The van der Waals surface area contributed by atoms with Crippen molar-refractivity contribution in [3.63, 3.8) is 0 Å². The van der Waals surface area contributed by atoms with Crippen molar-refractivity contribution in [3.05, 3.63) is 76.0 Å². The van der Waals surface area contributed by atoms with Crippen LogP contribution in [0.3, 0.4) is 0 Å². The van der Waals surface area contributed by atoms with Gasteiger partial charge < -0.3 is 10.1 Å². The quantitative estimate of drug-likeness (QED) is 0.677. The van der Waals surface area contributed by atoms with Crippen LogP contribution < -0.4 is 15.6 Å². The van der Waals surface area contributed by atoms with Crippen molar-refractivity contribution in [1.82, 2.24) is 9.78 Å². The van der Waals surface area contributed by atoms with E-state index in [1.807, 2.05) is 31.2 Å². The molecule has 2 aromatic carbocycles. The Morgan fingerprint density at radius 2 is 1.93 bits per heavy atom. The van der Waals surface area contributed by atoms with E-state index < -0.39 is 6.04 Å². The van der Waals surface area contributed by atoms with E-state index in [2.05, 4.69) is 10.4 Å². The van der Waals surface area contributed by atoms with Crippen molar-refractivity contribution in [2.45, 2.75) is 19.4 Å². The summed E-state index contributed by atoms with van der Waals surface area (Å²) in [5.74, 6) is 0.399.